The molecule has 0 saturated heterocycles. The Morgan fingerprint density at radius 3 is 2.71 bits per heavy atom. The Bertz CT molecular complexity index is 683. The number of ether oxygens (including phenoxy) is 1. The van der Waals surface area contributed by atoms with Crippen molar-refractivity contribution in [3.05, 3.63) is 54.1 Å². The lowest BCUT2D eigenvalue weighted by Crippen LogP contribution is -2.20. The zero-order valence-electron chi connectivity index (χ0n) is 11.3. The van der Waals surface area contributed by atoms with Gasteiger partial charge in [0.15, 0.2) is 0 Å². The molecule has 106 valence electrons. The lowest BCUT2D eigenvalue weighted by molar-refractivity contribution is -0.116. The van der Waals surface area contributed by atoms with Crippen molar-refractivity contribution in [1.29, 1.82) is 0 Å². The van der Waals surface area contributed by atoms with Crippen molar-refractivity contribution >= 4 is 23.4 Å². The first-order valence-electron chi connectivity index (χ1n) is 6.67. The van der Waals surface area contributed by atoms with Gasteiger partial charge in [0.2, 0.25) is 5.91 Å². The molecular formula is C16H14N2O3. The van der Waals surface area contributed by atoms with E-state index in [-0.39, 0.29) is 5.91 Å². The van der Waals surface area contributed by atoms with Gasteiger partial charge >= 0.3 is 6.09 Å². The van der Waals surface area contributed by atoms with Gasteiger partial charge in [-0.3, -0.25) is 10.1 Å². The second-order valence-electron chi connectivity index (χ2n) is 4.75. The minimum absolute atomic E-state index is 0.0120. The summed E-state index contributed by atoms with van der Waals surface area (Å²) in [6, 6.07) is 14.3. The van der Waals surface area contributed by atoms with E-state index in [2.05, 4.69) is 10.6 Å². The van der Waals surface area contributed by atoms with E-state index in [0.29, 0.717) is 24.3 Å². The van der Waals surface area contributed by atoms with Crippen molar-refractivity contribution in [2.45, 2.75) is 12.8 Å². The highest BCUT2D eigenvalue weighted by molar-refractivity contribution is 5.94. The van der Waals surface area contributed by atoms with Crippen LogP contribution in [0.25, 0.3) is 0 Å². The van der Waals surface area contributed by atoms with Gasteiger partial charge < -0.3 is 10.1 Å². The average molecular weight is 282 g/mol. The Hall–Kier alpha value is -2.82. The number of fused-ring (bicyclic) bond motifs is 1. The van der Waals surface area contributed by atoms with E-state index >= 15 is 0 Å². The summed E-state index contributed by atoms with van der Waals surface area (Å²) in [5.74, 6) is 0.469. The molecular weight excluding hydrogens is 268 g/mol. The Labute approximate surface area is 121 Å². The van der Waals surface area contributed by atoms with Gasteiger partial charge in [-0.2, -0.15) is 0 Å². The largest absolute Gasteiger partial charge is 0.417 e. The number of amides is 2. The molecule has 0 radical (unpaired) electrons. The summed E-state index contributed by atoms with van der Waals surface area (Å²) < 4.78 is 5.25. The minimum atomic E-state index is -0.541. The smallest absolute Gasteiger partial charge is 0.410 e. The van der Waals surface area contributed by atoms with E-state index in [1.165, 1.54) is 0 Å². The molecule has 0 saturated carbocycles. The van der Waals surface area contributed by atoms with Crippen LogP contribution in [0.15, 0.2) is 48.5 Å². The second-order valence-corrected chi connectivity index (χ2v) is 4.75. The average Bonchev–Trinajstić information content (AvgIpc) is 2.48. The summed E-state index contributed by atoms with van der Waals surface area (Å²) in [6.45, 7) is 0. The summed E-state index contributed by atoms with van der Waals surface area (Å²) in [5, 5.41) is 5.43. The Morgan fingerprint density at radius 2 is 1.90 bits per heavy atom. The summed E-state index contributed by atoms with van der Waals surface area (Å²) >= 11 is 0. The molecule has 0 atom stereocenters. The molecule has 0 bridgehead atoms. The van der Waals surface area contributed by atoms with Crippen LogP contribution in [0.2, 0.25) is 0 Å². The van der Waals surface area contributed by atoms with E-state index in [4.69, 9.17) is 4.74 Å². The normalized spacial score (nSPS) is 13.0. The molecule has 0 aromatic heterocycles. The maximum Gasteiger partial charge on any atom is 0.417 e. The van der Waals surface area contributed by atoms with Crippen molar-refractivity contribution in [2.75, 3.05) is 10.6 Å². The highest BCUT2D eigenvalue weighted by Crippen LogP contribution is 2.27. The van der Waals surface area contributed by atoms with Crippen LogP contribution in [-0.2, 0) is 11.2 Å². The first kappa shape index (κ1) is 13.2. The number of para-hydroxylation sites is 1. The molecule has 2 aromatic carbocycles. The van der Waals surface area contributed by atoms with Gasteiger partial charge in [-0.25, -0.2) is 4.79 Å². The fourth-order valence-electron chi connectivity index (χ4n) is 2.20. The minimum Gasteiger partial charge on any atom is -0.410 e. The molecule has 0 aliphatic carbocycles. The summed E-state index contributed by atoms with van der Waals surface area (Å²) in [6.07, 6.45) is 0.562. The molecule has 1 aliphatic rings. The number of anilines is 2. The molecule has 2 N–H and O–H groups in total. The van der Waals surface area contributed by atoms with Gasteiger partial charge in [-0.1, -0.05) is 18.2 Å². The van der Waals surface area contributed by atoms with Gasteiger partial charge in [0.1, 0.15) is 5.75 Å². The van der Waals surface area contributed by atoms with Crippen LogP contribution in [-0.4, -0.2) is 12.0 Å². The third-order valence-corrected chi connectivity index (χ3v) is 3.20. The monoisotopic (exact) mass is 282 g/mol. The SMILES string of the molecule is O=C1CCc2cc(OC(=O)Nc3ccccc3)ccc2N1. The lowest BCUT2D eigenvalue weighted by atomic mass is 10.0. The van der Waals surface area contributed by atoms with Gasteiger partial charge in [0.25, 0.3) is 0 Å². The standard InChI is InChI=1S/C16H14N2O3/c19-15-9-6-11-10-13(7-8-14(11)18-15)21-16(20)17-12-4-2-1-3-5-12/h1-5,7-8,10H,6,9H2,(H,17,20)(H,18,19). The van der Waals surface area contributed by atoms with E-state index in [0.717, 1.165) is 11.3 Å². The highest BCUT2D eigenvalue weighted by Gasteiger charge is 2.15. The molecule has 21 heavy (non-hydrogen) atoms. The number of aryl methyl sites for hydroxylation is 1. The Kier molecular flexibility index (Phi) is 3.55. The summed E-state index contributed by atoms with van der Waals surface area (Å²) in [4.78, 5) is 23.1. The first-order valence-corrected chi connectivity index (χ1v) is 6.67. The molecule has 2 amide bonds. The number of hydrogen-bond donors (Lipinski definition) is 2. The Morgan fingerprint density at radius 1 is 1.10 bits per heavy atom. The molecule has 0 fully saturated rings. The van der Waals surface area contributed by atoms with Crippen LogP contribution in [0.3, 0.4) is 0 Å². The predicted octanol–water partition coefficient (Wildman–Crippen LogP) is 3.18. The third-order valence-electron chi connectivity index (χ3n) is 3.20. The zero-order chi connectivity index (χ0) is 14.7. The maximum atomic E-state index is 11.8. The quantitative estimate of drug-likeness (QED) is 0.889. The third kappa shape index (κ3) is 3.20. The number of benzene rings is 2. The molecule has 0 unspecified atom stereocenters. The van der Waals surface area contributed by atoms with Gasteiger partial charge in [0, 0.05) is 17.8 Å². The molecule has 2 aromatic rings. The molecule has 3 rings (SSSR count). The first-order chi connectivity index (χ1) is 10.2. The van der Waals surface area contributed by atoms with Crippen molar-refractivity contribution in [2.24, 2.45) is 0 Å². The second kappa shape index (κ2) is 5.66. The van der Waals surface area contributed by atoms with E-state index in [1.807, 2.05) is 18.2 Å². The van der Waals surface area contributed by atoms with Crippen molar-refractivity contribution in [3.63, 3.8) is 0 Å². The number of carbonyl (C=O) groups excluding carboxylic acids is 2. The van der Waals surface area contributed by atoms with E-state index < -0.39 is 6.09 Å². The highest BCUT2D eigenvalue weighted by atomic mass is 16.6. The lowest BCUT2D eigenvalue weighted by Gasteiger charge is -2.17. The van der Waals surface area contributed by atoms with Crippen LogP contribution >= 0.6 is 0 Å². The molecule has 1 aliphatic heterocycles. The molecule has 5 nitrogen and oxygen atoms in total. The number of nitrogens with one attached hydrogen (secondary N) is 2. The van der Waals surface area contributed by atoms with Crippen LogP contribution < -0.4 is 15.4 Å². The van der Waals surface area contributed by atoms with Gasteiger partial charge in [0.05, 0.1) is 0 Å². The predicted molar refractivity (Wildman–Crippen MR) is 79.5 cm³/mol. The van der Waals surface area contributed by atoms with Crippen LogP contribution in [0, 0.1) is 0 Å². The van der Waals surface area contributed by atoms with E-state index in [9.17, 15) is 9.59 Å². The molecule has 0 spiro atoms. The Balaban J connectivity index is 1.68. The maximum absolute atomic E-state index is 11.8. The van der Waals surface area contributed by atoms with Gasteiger partial charge in [-0.05, 0) is 42.3 Å². The summed E-state index contributed by atoms with van der Waals surface area (Å²) in [5.41, 5.74) is 2.43. The van der Waals surface area contributed by atoms with E-state index in [1.54, 1.807) is 30.3 Å². The number of rotatable bonds is 2. The topological polar surface area (TPSA) is 67.4 Å². The molecule has 1 heterocycles. The number of carbonyl (C=O) groups is 2. The molecule has 5 heteroatoms. The van der Waals surface area contributed by atoms with Crippen molar-refractivity contribution in [3.8, 4) is 5.75 Å². The fourth-order valence-corrected chi connectivity index (χ4v) is 2.20. The van der Waals surface area contributed by atoms with Crippen LogP contribution in [0.1, 0.15) is 12.0 Å². The van der Waals surface area contributed by atoms with Crippen LogP contribution in [0.4, 0.5) is 16.2 Å². The zero-order valence-corrected chi connectivity index (χ0v) is 11.3. The van der Waals surface area contributed by atoms with Crippen LogP contribution in [0.5, 0.6) is 5.75 Å². The fraction of sp³-hybridized carbons (Fsp3) is 0.125. The van der Waals surface area contributed by atoms with Crippen molar-refractivity contribution < 1.29 is 14.3 Å². The van der Waals surface area contributed by atoms with Gasteiger partial charge in [-0.15, -0.1) is 0 Å². The number of hydrogen-bond acceptors (Lipinski definition) is 3. The van der Waals surface area contributed by atoms with Crippen molar-refractivity contribution in [1.82, 2.24) is 0 Å². The summed E-state index contributed by atoms with van der Waals surface area (Å²) in [7, 11) is 0.